The number of carbonyl (C=O) groups is 1. The fourth-order valence-corrected chi connectivity index (χ4v) is 3.85. The molecule has 0 unspecified atom stereocenters. The molecule has 1 heterocycles. The zero-order valence-corrected chi connectivity index (χ0v) is 13.6. The first kappa shape index (κ1) is 16.9. The molecule has 1 saturated heterocycles. The molecule has 1 aromatic carbocycles. The summed E-state index contributed by atoms with van der Waals surface area (Å²) in [6.45, 7) is 4.65. The zero-order valence-electron chi connectivity index (χ0n) is 12.8. The van der Waals surface area contributed by atoms with Gasteiger partial charge in [-0.25, -0.2) is 17.5 Å². The average Bonchev–Trinajstić information content (AvgIpc) is 2.46. The average molecular weight is 328 g/mol. The molecule has 0 aliphatic carbocycles. The lowest BCUT2D eigenvalue weighted by Gasteiger charge is -2.34. The first-order valence-electron chi connectivity index (χ1n) is 7.36. The van der Waals surface area contributed by atoms with Crippen molar-refractivity contribution in [3.8, 4) is 0 Å². The number of benzene rings is 1. The van der Waals surface area contributed by atoms with Gasteiger partial charge in [0.1, 0.15) is 5.82 Å². The number of sulfonamides is 1. The summed E-state index contributed by atoms with van der Waals surface area (Å²) < 4.78 is 40.3. The molecule has 22 heavy (non-hydrogen) atoms. The predicted molar refractivity (Wildman–Crippen MR) is 81.2 cm³/mol. The van der Waals surface area contributed by atoms with Crippen molar-refractivity contribution in [2.45, 2.75) is 37.6 Å². The summed E-state index contributed by atoms with van der Waals surface area (Å²) >= 11 is 0. The number of nitrogens with zero attached hydrogens (tertiary/aromatic N) is 1. The summed E-state index contributed by atoms with van der Waals surface area (Å²) in [7, 11) is -3.78. The number of hydrogen-bond acceptors (Lipinski definition) is 3. The van der Waals surface area contributed by atoms with Crippen LogP contribution in [0.5, 0.6) is 0 Å². The SMILES string of the molecule is CC(C)C(=O)N1CCC[C@@H](NS(=O)(=O)c2cccc(F)c2)C1. The molecule has 1 aliphatic heterocycles. The van der Waals surface area contributed by atoms with Crippen LogP contribution < -0.4 is 4.72 Å². The normalized spacial score (nSPS) is 19.5. The van der Waals surface area contributed by atoms with Gasteiger partial charge in [-0.2, -0.15) is 0 Å². The van der Waals surface area contributed by atoms with Gasteiger partial charge in [0.2, 0.25) is 15.9 Å². The molecule has 1 amide bonds. The van der Waals surface area contributed by atoms with E-state index in [-0.39, 0.29) is 22.8 Å². The first-order valence-corrected chi connectivity index (χ1v) is 8.84. The van der Waals surface area contributed by atoms with E-state index in [4.69, 9.17) is 0 Å². The molecule has 1 atom stereocenters. The van der Waals surface area contributed by atoms with Crippen LogP contribution in [0.15, 0.2) is 29.2 Å². The van der Waals surface area contributed by atoms with Crippen molar-refractivity contribution in [1.82, 2.24) is 9.62 Å². The molecule has 1 aliphatic rings. The third-order valence-corrected chi connectivity index (χ3v) is 5.17. The van der Waals surface area contributed by atoms with Crippen molar-refractivity contribution in [3.05, 3.63) is 30.1 Å². The van der Waals surface area contributed by atoms with Gasteiger partial charge in [0.25, 0.3) is 0 Å². The lowest BCUT2D eigenvalue weighted by atomic mass is 10.0. The predicted octanol–water partition coefficient (Wildman–Crippen LogP) is 1.75. The van der Waals surface area contributed by atoms with Crippen molar-refractivity contribution in [2.24, 2.45) is 5.92 Å². The summed E-state index contributed by atoms with van der Waals surface area (Å²) in [6, 6.07) is 4.56. The molecule has 1 aromatic rings. The van der Waals surface area contributed by atoms with Crippen LogP contribution in [-0.2, 0) is 14.8 Å². The Morgan fingerprint density at radius 1 is 1.41 bits per heavy atom. The van der Waals surface area contributed by atoms with E-state index in [0.29, 0.717) is 19.5 Å². The van der Waals surface area contributed by atoms with Gasteiger partial charge in [-0.15, -0.1) is 0 Å². The Morgan fingerprint density at radius 3 is 2.77 bits per heavy atom. The number of amides is 1. The Balaban J connectivity index is 2.08. The smallest absolute Gasteiger partial charge is 0.240 e. The minimum absolute atomic E-state index is 0.0228. The van der Waals surface area contributed by atoms with Gasteiger partial charge >= 0.3 is 0 Å². The minimum atomic E-state index is -3.78. The standard InChI is InChI=1S/C15H21FN2O3S/c1-11(2)15(19)18-8-4-6-13(10-18)17-22(20,21)14-7-3-5-12(16)9-14/h3,5,7,9,11,13,17H,4,6,8,10H2,1-2H3/t13-/m1/s1. The van der Waals surface area contributed by atoms with Crippen LogP contribution in [-0.4, -0.2) is 38.4 Å². The van der Waals surface area contributed by atoms with Crippen molar-refractivity contribution >= 4 is 15.9 Å². The van der Waals surface area contributed by atoms with Crippen molar-refractivity contribution in [3.63, 3.8) is 0 Å². The molecule has 1 fully saturated rings. The topological polar surface area (TPSA) is 66.5 Å². The maximum Gasteiger partial charge on any atom is 0.240 e. The summed E-state index contributed by atoms with van der Waals surface area (Å²) in [5.41, 5.74) is 0. The van der Waals surface area contributed by atoms with Crippen LogP contribution >= 0.6 is 0 Å². The van der Waals surface area contributed by atoms with Crippen molar-refractivity contribution in [2.75, 3.05) is 13.1 Å². The molecule has 0 radical (unpaired) electrons. The van der Waals surface area contributed by atoms with E-state index in [1.807, 2.05) is 13.8 Å². The first-order chi connectivity index (χ1) is 10.3. The summed E-state index contributed by atoms with van der Waals surface area (Å²) in [5, 5.41) is 0. The van der Waals surface area contributed by atoms with Gasteiger partial charge in [-0.05, 0) is 31.0 Å². The van der Waals surface area contributed by atoms with E-state index in [9.17, 15) is 17.6 Å². The molecule has 7 heteroatoms. The highest BCUT2D eigenvalue weighted by Crippen LogP contribution is 2.17. The van der Waals surface area contributed by atoms with Gasteiger partial charge in [0.05, 0.1) is 4.90 Å². The molecule has 0 spiro atoms. The summed E-state index contributed by atoms with van der Waals surface area (Å²) in [6.07, 6.45) is 1.41. The Labute approximate surface area is 130 Å². The van der Waals surface area contributed by atoms with Crippen LogP contribution in [0.4, 0.5) is 4.39 Å². The fraction of sp³-hybridized carbons (Fsp3) is 0.533. The summed E-state index contributed by atoms with van der Waals surface area (Å²) in [5.74, 6) is -0.684. The Kier molecular flexibility index (Phi) is 5.18. The van der Waals surface area contributed by atoms with E-state index in [0.717, 1.165) is 12.5 Å². The summed E-state index contributed by atoms with van der Waals surface area (Å²) in [4.78, 5) is 13.6. The van der Waals surface area contributed by atoms with E-state index in [1.54, 1.807) is 4.90 Å². The Morgan fingerprint density at radius 2 is 2.14 bits per heavy atom. The van der Waals surface area contributed by atoms with Crippen LogP contribution in [0.25, 0.3) is 0 Å². The molecule has 122 valence electrons. The lowest BCUT2D eigenvalue weighted by Crippen LogP contribution is -2.50. The third-order valence-electron chi connectivity index (χ3n) is 3.66. The van der Waals surface area contributed by atoms with Gasteiger partial charge in [0.15, 0.2) is 0 Å². The molecular weight excluding hydrogens is 307 g/mol. The monoisotopic (exact) mass is 328 g/mol. The van der Waals surface area contributed by atoms with Crippen LogP contribution in [0.2, 0.25) is 0 Å². The minimum Gasteiger partial charge on any atom is -0.341 e. The van der Waals surface area contributed by atoms with Gasteiger partial charge in [0, 0.05) is 25.0 Å². The Hall–Kier alpha value is -1.47. The molecule has 0 saturated carbocycles. The molecule has 0 aromatic heterocycles. The van der Waals surface area contributed by atoms with E-state index in [2.05, 4.69) is 4.72 Å². The van der Waals surface area contributed by atoms with E-state index in [1.165, 1.54) is 18.2 Å². The maximum absolute atomic E-state index is 13.2. The van der Waals surface area contributed by atoms with E-state index >= 15 is 0 Å². The number of piperidine rings is 1. The number of nitrogens with one attached hydrogen (secondary N) is 1. The van der Waals surface area contributed by atoms with Crippen LogP contribution in [0.3, 0.4) is 0 Å². The number of rotatable bonds is 4. The largest absolute Gasteiger partial charge is 0.341 e. The lowest BCUT2D eigenvalue weighted by molar-refractivity contribution is -0.135. The molecule has 2 rings (SSSR count). The second-order valence-corrected chi connectivity index (χ2v) is 7.57. The molecular formula is C15H21FN2O3S. The number of hydrogen-bond donors (Lipinski definition) is 1. The number of carbonyl (C=O) groups excluding carboxylic acids is 1. The number of halogens is 1. The molecule has 1 N–H and O–H groups in total. The highest BCUT2D eigenvalue weighted by atomic mass is 32.2. The van der Waals surface area contributed by atoms with Gasteiger partial charge < -0.3 is 4.90 Å². The Bertz CT molecular complexity index is 646. The third kappa shape index (κ3) is 4.04. The van der Waals surface area contributed by atoms with E-state index < -0.39 is 15.8 Å². The second kappa shape index (κ2) is 6.75. The molecule has 5 nitrogen and oxygen atoms in total. The van der Waals surface area contributed by atoms with Gasteiger partial charge in [-0.3, -0.25) is 4.79 Å². The highest BCUT2D eigenvalue weighted by molar-refractivity contribution is 7.89. The second-order valence-electron chi connectivity index (χ2n) is 5.86. The van der Waals surface area contributed by atoms with Gasteiger partial charge in [-0.1, -0.05) is 19.9 Å². The van der Waals surface area contributed by atoms with Crippen molar-refractivity contribution in [1.29, 1.82) is 0 Å². The quantitative estimate of drug-likeness (QED) is 0.916. The van der Waals surface area contributed by atoms with Crippen LogP contribution in [0, 0.1) is 11.7 Å². The maximum atomic E-state index is 13.2. The van der Waals surface area contributed by atoms with Crippen LogP contribution in [0.1, 0.15) is 26.7 Å². The van der Waals surface area contributed by atoms with Crippen molar-refractivity contribution < 1.29 is 17.6 Å². The zero-order chi connectivity index (χ0) is 16.3. The fourth-order valence-electron chi connectivity index (χ4n) is 2.56. The number of likely N-dealkylation sites (tertiary alicyclic amines) is 1. The highest BCUT2D eigenvalue weighted by Gasteiger charge is 2.28. The molecule has 0 bridgehead atoms.